The van der Waals surface area contributed by atoms with Crippen molar-refractivity contribution in [3.05, 3.63) is 72.8 Å². The molecular formula is C30H33O2P. The van der Waals surface area contributed by atoms with Gasteiger partial charge >= 0.3 is 197 Å². The Morgan fingerprint density at radius 3 is 1.67 bits per heavy atom. The first-order valence-electron chi connectivity index (χ1n) is 12.6. The zero-order valence-corrected chi connectivity index (χ0v) is 20.6. The van der Waals surface area contributed by atoms with E-state index in [9.17, 15) is 0 Å². The van der Waals surface area contributed by atoms with Gasteiger partial charge in [-0.25, -0.2) is 0 Å². The van der Waals surface area contributed by atoms with E-state index in [0.29, 0.717) is 0 Å². The Kier molecular flexibility index (Phi) is 4.93. The summed E-state index contributed by atoms with van der Waals surface area (Å²) >= 11 is 0. The minimum absolute atomic E-state index is 0.276. The normalized spacial score (nSPS) is 18.7. The predicted molar refractivity (Wildman–Crippen MR) is 143 cm³/mol. The second kappa shape index (κ2) is 7.74. The van der Waals surface area contributed by atoms with E-state index in [-0.39, 0.29) is 5.66 Å². The van der Waals surface area contributed by atoms with Crippen LogP contribution >= 0.6 is 7.06 Å². The van der Waals surface area contributed by atoms with Gasteiger partial charge in [0.05, 0.1) is 0 Å². The van der Waals surface area contributed by atoms with Gasteiger partial charge in [-0.2, -0.15) is 0 Å². The third kappa shape index (κ3) is 2.77. The Balaban J connectivity index is 1.52. The zero-order chi connectivity index (χ0) is 22.5. The van der Waals surface area contributed by atoms with E-state index < -0.39 is 7.06 Å². The van der Waals surface area contributed by atoms with E-state index in [4.69, 9.17) is 9.05 Å². The molecule has 1 atom stereocenters. The number of hydrogen-bond donors (Lipinski definition) is 0. The Labute approximate surface area is 197 Å². The second-order valence-corrected chi connectivity index (χ2v) is 14.1. The molecule has 2 nitrogen and oxygen atoms in total. The second-order valence-electron chi connectivity index (χ2n) is 9.87. The number of fused-ring (bicyclic) bond motifs is 2. The summed E-state index contributed by atoms with van der Waals surface area (Å²) in [4.78, 5) is 0. The summed E-state index contributed by atoms with van der Waals surface area (Å²) in [5, 5.41) is 7.55. The fourth-order valence-corrected chi connectivity index (χ4v) is 12.1. The molecule has 33 heavy (non-hydrogen) atoms. The van der Waals surface area contributed by atoms with Gasteiger partial charge in [-0.1, -0.05) is 0 Å². The van der Waals surface area contributed by atoms with Crippen molar-refractivity contribution in [1.29, 1.82) is 0 Å². The quantitative estimate of drug-likeness (QED) is 0.196. The topological polar surface area (TPSA) is 18.5 Å². The zero-order valence-electron chi connectivity index (χ0n) is 19.7. The first-order chi connectivity index (χ1) is 16.2. The molecule has 1 spiro atoms. The van der Waals surface area contributed by atoms with Crippen molar-refractivity contribution in [3.8, 4) is 11.5 Å². The van der Waals surface area contributed by atoms with Crippen LogP contribution < -0.4 is 19.7 Å². The Hall–Kier alpha value is -2.57. The minimum atomic E-state index is -3.43. The molecule has 1 unspecified atom stereocenters. The molecule has 0 amide bonds. The average molecular weight is 457 g/mol. The molecule has 2 heterocycles. The maximum atomic E-state index is 7.30. The van der Waals surface area contributed by atoms with Crippen LogP contribution in [0.15, 0.2) is 72.8 Å². The molecule has 0 fully saturated rings. The van der Waals surface area contributed by atoms with Gasteiger partial charge in [0.25, 0.3) is 0 Å². The van der Waals surface area contributed by atoms with Gasteiger partial charge < -0.3 is 0 Å². The van der Waals surface area contributed by atoms with E-state index >= 15 is 0 Å². The van der Waals surface area contributed by atoms with Crippen LogP contribution in [-0.4, -0.2) is 5.66 Å². The molecule has 170 valence electrons. The van der Waals surface area contributed by atoms with Gasteiger partial charge in [-0.05, 0) is 0 Å². The SMILES string of the molecule is CCCCCCCCC(C)P12(Oc3cccc4cccc1c34)Oc1cccc3cccc2c13. The summed E-state index contributed by atoms with van der Waals surface area (Å²) in [6.07, 6.45) is 8.91. The van der Waals surface area contributed by atoms with Crippen molar-refractivity contribution in [2.75, 3.05) is 0 Å². The van der Waals surface area contributed by atoms with Crippen LogP contribution in [0.1, 0.15) is 58.8 Å². The van der Waals surface area contributed by atoms with Crippen LogP contribution in [0, 0.1) is 0 Å². The monoisotopic (exact) mass is 456 g/mol. The molecule has 2 aliphatic rings. The number of hydrogen-bond acceptors (Lipinski definition) is 2. The molecule has 0 saturated heterocycles. The van der Waals surface area contributed by atoms with Crippen LogP contribution in [0.4, 0.5) is 0 Å². The van der Waals surface area contributed by atoms with Gasteiger partial charge in [0, 0.05) is 0 Å². The van der Waals surface area contributed by atoms with Crippen molar-refractivity contribution in [3.63, 3.8) is 0 Å². The number of unbranched alkanes of at least 4 members (excludes halogenated alkanes) is 5. The van der Waals surface area contributed by atoms with Crippen molar-refractivity contribution in [1.82, 2.24) is 0 Å². The Morgan fingerprint density at radius 2 is 1.12 bits per heavy atom. The van der Waals surface area contributed by atoms with E-state index in [2.05, 4.69) is 86.6 Å². The molecular weight excluding hydrogens is 423 g/mol. The molecule has 0 aliphatic carbocycles. The van der Waals surface area contributed by atoms with Crippen LogP contribution in [0.5, 0.6) is 11.5 Å². The van der Waals surface area contributed by atoms with E-state index in [1.807, 2.05) is 0 Å². The summed E-state index contributed by atoms with van der Waals surface area (Å²) in [5.41, 5.74) is 0.276. The van der Waals surface area contributed by atoms with Gasteiger partial charge in [0.15, 0.2) is 0 Å². The fourth-order valence-electron chi connectivity index (χ4n) is 6.28. The van der Waals surface area contributed by atoms with Gasteiger partial charge in [-0.15, -0.1) is 0 Å². The molecule has 3 heteroatoms. The summed E-state index contributed by atoms with van der Waals surface area (Å²) in [5.74, 6) is 1.97. The van der Waals surface area contributed by atoms with Gasteiger partial charge in [-0.3, -0.25) is 0 Å². The molecule has 4 aromatic rings. The third-order valence-corrected chi connectivity index (χ3v) is 13.5. The van der Waals surface area contributed by atoms with Crippen LogP contribution in [0.3, 0.4) is 0 Å². The summed E-state index contributed by atoms with van der Waals surface area (Å²) < 4.78 is 14.6. The van der Waals surface area contributed by atoms with Gasteiger partial charge in [0.2, 0.25) is 0 Å². The van der Waals surface area contributed by atoms with Crippen molar-refractivity contribution in [2.45, 2.75) is 64.5 Å². The van der Waals surface area contributed by atoms with Crippen molar-refractivity contribution < 1.29 is 9.05 Å². The van der Waals surface area contributed by atoms with Crippen LogP contribution in [-0.2, 0) is 0 Å². The molecule has 6 rings (SSSR count). The fraction of sp³-hybridized carbons (Fsp3) is 0.333. The summed E-state index contributed by atoms with van der Waals surface area (Å²) in [6.45, 7) is 4.67. The molecule has 0 bridgehead atoms. The van der Waals surface area contributed by atoms with E-state index in [1.54, 1.807) is 0 Å². The van der Waals surface area contributed by atoms with Crippen molar-refractivity contribution >= 4 is 39.2 Å². The van der Waals surface area contributed by atoms with Gasteiger partial charge in [0.1, 0.15) is 0 Å². The average Bonchev–Trinajstić information content (AvgIpc) is 3.31. The van der Waals surface area contributed by atoms with E-state index in [0.717, 1.165) is 17.9 Å². The number of benzene rings is 4. The Morgan fingerprint density at radius 1 is 0.636 bits per heavy atom. The van der Waals surface area contributed by atoms with Crippen molar-refractivity contribution in [2.24, 2.45) is 0 Å². The third-order valence-electron chi connectivity index (χ3n) is 7.94. The van der Waals surface area contributed by atoms with Crippen LogP contribution in [0.25, 0.3) is 21.5 Å². The summed E-state index contributed by atoms with van der Waals surface area (Å²) in [7, 11) is -3.43. The van der Waals surface area contributed by atoms with E-state index in [1.165, 1.54) is 70.7 Å². The first kappa shape index (κ1) is 21.0. The predicted octanol–water partition coefficient (Wildman–Crippen LogP) is 8.25. The molecule has 0 aromatic heterocycles. The summed E-state index contributed by atoms with van der Waals surface area (Å²) in [6, 6.07) is 26.3. The molecule has 4 aromatic carbocycles. The van der Waals surface area contributed by atoms with Crippen LogP contribution in [0.2, 0.25) is 0 Å². The molecule has 0 N–H and O–H groups in total. The standard InChI is InChI=1S/C30H33O2P/c1-3-4-5-6-7-8-13-22(2)33(27-20-11-16-23-14-9-18-25(31-33)29(23)27)28-21-12-17-24-15-10-19-26(32-33)30(24)28/h9-12,14-22H,3-8,13H2,1-2H3. The molecule has 0 saturated carbocycles. The maximum absolute atomic E-state index is 7.30. The Bertz CT molecular complexity index is 1250. The number of rotatable bonds is 8. The molecule has 0 radical (unpaired) electrons. The molecule has 2 aliphatic heterocycles. The first-order valence-corrected chi connectivity index (χ1v) is 14.8.